The molecule has 1 aliphatic carbocycles. The average Bonchev–Trinajstić information content (AvgIpc) is 3.27. The fraction of sp³-hybridized carbons (Fsp3) is 0.318. The number of hydrogen-bond donors (Lipinski definition) is 1. The smallest absolute Gasteiger partial charge is 0.411 e. The Labute approximate surface area is 174 Å². The van der Waals surface area contributed by atoms with Crippen molar-refractivity contribution in [2.45, 2.75) is 31.8 Å². The molecule has 30 heavy (non-hydrogen) atoms. The van der Waals surface area contributed by atoms with Gasteiger partial charge >= 0.3 is 6.09 Å². The predicted molar refractivity (Wildman–Crippen MR) is 112 cm³/mol. The van der Waals surface area contributed by atoms with Gasteiger partial charge in [0.1, 0.15) is 18.2 Å². The van der Waals surface area contributed by atoms with Crippen molar-refractivity contribution < 1.29 is 23.7 Å². The molecule has 4 rings (SSSR count). The summed E-state index contributed by atoms with van der Waals surface area (Å²) in [6.07, 6.45) is 5.11. The summed E-state index contributed by atoms with van der Waals surface area (Å²) in [7, 11) is 3.14. The molecule has 0 atom stereocenters. The lowest BCUT2D eigenvalue weighted by molar-refractivity contribution is 0.114. The first-order valence-corrected chi connectivity index (χ1v) is 9.78. The molecule has 0 bridgehead atoms. The number of nitrogens with one attached hydrogen (secondary N) is 1. The van der Waals surface area contributed by atoms with Crippen molar-refractivity contribution in [3.8, 4) is 23.1 Å². The SMILES string of the molecule is COc1cc2ncnc(Oc3ccc(NC(=O)OC4CCCC4)cc3)c2cc1OC. The number of carbonyl (C=O) groups excluding carboxylic acids is 1. The molecule has 3 aromatic rings. The molecule has 1 aliphatic rings. The predicted octanol–water partition coefficient (Wildman–Crippen LogP) is 4.93. The molecule has 1 heterocycles. The molecule has 8 heteroatoms. The van der Waals surface area contributed by atoms with Crippen LogP contribution in [0.25, 0.3) is 10.9 Å². The standard InChI is InChI=1S/C22H23N3O5/c1-27-19-11-17-18(12-20(19)28-2)23-13-24-21(17)29-16-9-7-14(8-10-16)25-22(26)30-15-5-3-4-6-15/h7-13,15H,3-6H2,1-2H3,(H,25,26). The Morgan fingerprint density at radius 1 is 1.00 bits per heavy atom. The van der Waals surface area contributed by atoms with Gasteiger partial charge in [-0.3, -0.25) is 5.32 Å². The zero-order chi connectivity index (χ0) is 20.9. The van der Waals surface area contributed by atoms with E-state index < -0.39 is 6.09 Å². The van der Waals surface area contributed by atoms with E-state index in [9.17, 15) is 4.79 Å². The van der Waals surface area contributed by atoms with Gasteiger partial charge < -0.3 is 18.9 Å². The Kier molecular flexibility index (Phi) is 5.83. The number of benzene rings is 2. The molecule has 1 amide bonds. The van der Waals surface area contributed by atoms with Gasteiger partial charge in [-0.2, -0.15) is 0 Å². The zero-order valence-corrected chi connectivity index (χ0v) is 16.9. The molecule has 0 spiro atoms. The average molecular weight is 409 g/mol. The summed E-state index contributed by atoms with van der Waals surface area (Å²) in [5, 5.41) is 3.44. The second-order valence-electron chi connectivity index (χ2n) is 6.97. The van der Waals surface area contributed by atoms with Crippen molar-refractivity contribution in [1.82, 2.24) is 9.97 Å². The van der Waals surface area contributed by atoms with Crippen LogP contribution in [-0.4, -0.2) is 36.4 Å². The lowest BCUT2D eigenvalue weighted by Crippen LogP contribution is -2.20. The molecule has 2 aromatic carbocycles. The molecule has 0 saturated heterocycles. The van der Waals surface area contributed by atoms with Crippen LogP contribution in [0.5, 0.6) is 23.1 Å². The van der Waals surface area contributed by atoms with Crippen molar-refractivity contribution in [2.75, 3.05) is 19.5 Å². The van der Waals surface area contributed by atoms with Gasteiger partial charge in [0.15, 0.2) is 11.5 Å². The van der Waals surface area contributed by atoms with Gasteiger partial charge in [-0.25, -0.2) is 14.8 Å². The van der Waals surface area contributed by atoms with Crippen LogP contribution >= 0.6 is 0 Å². The van der Waals surface area contributed by atoms with Crippen LogP contribution in [0.2, 0.25) is 0 Å². The van der Waals surface area contributed by atoms with Crippen molar-refractivity contribution in [1.29, 1.82) is 0 Å². The maximum absolute atomic E-state index is 12.0. The van der Waals surface area contributed by atoms with Crippen LogP contribution in [-0.2, 0) is 4.74 Å². The first-order chi connectivity index (χ1) is 14.7. The Bertz CT molecular complexity index is 1030. The Morgan fingerprint density at radius 2 is 1.70 bits per heavy atom. The van der Waals surface area contributed by atoms with Crippen LogP contribution in [0.3, 0.4) is 0 Å². The van der Waals surface area contributed by atoms with Gasteiger partial charge in [0.05, 0.1) is 25.1 Å². The third-order valence-electron chi connectivity index (χ3n) is 5.00. The number of fused-ring (bicyclic) bond motifs is 1. The van der Waals surface area contributed by atoms with E-state index >= 15 is 0 Å². The highest BCUT2D eigenvalue weighted by atomic mass is 16.6. The molecule has 0 unspecified atom stereocenters. The summed E-state index contributed by atoms with van der Waals surface area (Å²) in [6, 6.07) is 10.5. The maximum Gasteiger partial charge on any atom is 0.411 e. The third-order valence-corrected chi connectivity index (χ3v) is 5.00. The van der Waals surface area contributed by atoms with E-state index in [0.717, 1.165) is 25.7 Å². The normalized spacial score (nSPS) is 13.8. The molecular formula is C22H23N3O5. The minimum Gasteiger partial charge on any atom is -0.493 e. The lowest BCUT2D eigenvalue weighted by atomic mass is 10.2. The Balaban J connectivity index is 1.47. The molecule has 1 N–H and O–H groups in total. The van der Waals surface area contributed by atoms with Crippen molar-refractivity contribution in [2.24, 2.45) is 0 Å². The number of hydrogen-bond acceptors (Lipinski definition) is 7. The van der Waals surface area contributed by atoms with Crippen LogP contribution < -0.4 is 19.5 Å². The number of carbonyl (C=O) groups is 1. The molecule has 0 radical (unpaired) electrons. The summed E-state index contributed by atoms with van der Waals surface area (Å²) in [5.41, 5.74) is 1.30. The summed E-state index contributed by atoms with van der Waals surface area (Å²) in [5.74, 6) is 2.10. The number of methoxy groups -OCH3 is 2. The molecule has 156 valence electrons. The fourth-order valence-electron chi connectivity index (χ4n) is 3.46. The fourth-order valence-corrected chi connectivity index (χ4v) is 3.46. The highest BCUT2D eigenvalue weighted by Gasteiger charge is 2.19. The Morgan fingerprint density at radius 3 is 2.40 bits per heavy atom. The van der Waals surface area contributed by atoms with Gasteiger partial charge in [-0.05, 0) is 56.0 Å². The molecule has 0 aliphatic heterocycles. The van der Waals surface area contributed by atoms with Gasteiger partial charge in [0, 0.05) is 11.8 Å². The first kappa shape index (κ1) is 19.8. The summed E-state index contributed by atoms with van der Waals surface area (Å²) in [4.78, 5) is 20.5. The minimum absolute atomic E-state index is 0.0225. The van der Waals surface area contributed by atoms with E-state index in [-0.39, 0.29) is 6.10 Å². The van der Waals surface area contributed by atoms with Gasteiger partial charge in [0.25, 0.3) is 0 Å². The van der Waals surface area contributed by atoms with E-state index in [1.165, 1.54) is 6.33 Å². The van der Waals surface area contributed by atoms with Crippen LogP contribution in [0.15, 0.2) is 42.7 Å². The van der Waals surface area contributed by atoms with Crippen LogP contribution in [0.4, 0.5) is 10.5 Å². The second kappa shape index (κ2) is 8.86. The first-order valence-electron chi connectivity index (χ1n) is 9.78. The number of nitrogens with zero attached hydrogens (tertiary/aromatic N) is 2. The van der Waals surface area contributed by atoms with E-state index in [1.54, 1.807) is 50.6 Å². The van der Waals surface area contributed by atoms with E-state index in [4.69, 9.17) is 18.9 Å². The largest absolute Gasteiger partial charge is 0.493 e. The van der Waals surface area contributed by atoms with E-state index in [0.29, 0.717) is 39.7 Å². The van der Waals surface area contributed by atoms with Gasteiger partial charge in [0.2, 0.25) is 5.88 Å². The number of amides is 1. The summed E-state index contributed by atoms with van der Waals surface area (Å²) < 4.78 is 22.0. The molecule has 8 nitrogen and oxygen atoms in total. The number of aromatic nitrogens is 2. The number of ether oxygens (including phenoxy) is 4. The highest BCUT2D eigenvalue weighted by molar-refractivity contribution is 5.87. The van der Waals surface area contributed by atoms with Crippen LogP contribution in [0, 0.1) is 0 Å². The topological polar surface area (TPSA) is 91.8 Å². The van der Waals surface area contributed by atoms with Crippen molar-refractivity contribution in [3.05, 3.63) is 42.7 Å². The van der Waals surface area contributed by atoms with Crippen molar-refractivity contribution in [3.63, 3.8) is 0 Å². The second-order valence-corrected chi connectivity index (χ2v) is 6.97. The zero-order valence-electron chi connectivity index (χ0n) is 16.9. The maximum atomic E-state index is 12.0. The molecular weight excluding hydrogens is 386 g/mol. The van der Waals surface area contributed by atoms with E-state index in [2.05, 4.69) is 15.3 Å². The minimum atomic E-state index is -0.432. The number of anilines is 1. The van der Waals surface area contributed by atoms with E-state index in [1.807, 2.05) is 0 Å². The molecule has 1 aromatic heterocycles. The quantitative estimate of drug-likeness (QED) is 0.617. The van der Waals surface area contributed by atoms with Crippen molar-refractivity contribution >= 4 is 22.7 Å². The van der Waals surface area contributed by atoms with Crippen LogP contribution in [0.1, 0.15) is 25.7 Å². The monoisotopic (exact) mass is 409 g/mol. The number of rotatable bonds is 6. The van der Waals surface area contributed by atoms with Gasteiger partial charge in [-0.1, -0.05) is 0 Å². The summed E-state index contributed by atoms with van der Waals surface area (Å²) >= 11 is 0. The molecule has 1 saturated carbocycles. The summed E-state index contributed by atoms with van der Waals surface area (Å²) in [6.45, 7) is 0. The lowest BCUT2D eigenvalue weighted by Gasteiger charge is -2.13. The Hall–Kier alpha value is -3.55. The third kappa shape index (κ3) is 4.37. The highest BCUT2D eigenvalue weighted by Crippen LogP contribution is 2.35. The van der Waals surface area contributed by atoms with Gasteiger partial charge in [-0.15, -0.1) is 0 Å². The molecule has 1 fully saturated rings.